The zero-order chi connectivity index (χ0) is 13.1. The monoisotopic (exact) mass is 260 g/mol. The summed E-state index contributed by atoms with van der Waals surface area (Å²) < 4.78 is 5.43. The maximum atomic E-state index is 12.2. The van der Waals surface area contributed by atoms with Crippen LogP contribution in [0.5, 0.6) is 0 Å². The Bertz CT molecular complexity index is 431. The van der Waals surface area contributed by atoms with Gasteiger partial charge in [0, 0.05) is 19.1 Å². The first-order valence-corrected chi connectivity index (χ1v) is 7.01. The quantitative estimate of drug-likeness (QED) is 0.884. The van der Waals surface area contributed by atoms with Crippen LogP contribution in [-0.4, -0.2) is 36.7 Å². The Balaban J connectivity index is 1.58. The molecule has 0 aromatic heterocycles. The van der Waals surface area contributed by atoms with Crippen molar-refractivity contribution < 1.29 is 9.53 Å². The molecule has 2 atom stereocenters. The topological polar surface area (TPSA) is 41.6 Å². The average molecular weight is 260 g/mol. The fourth-order valence-electron chi connectivity index (χ4n) is 2.96. The Labute approximate surface area is 113 Å². The molecule has 4 heteroatoms. The molecule has 3 fully saturated rings. The lowest BCUT2D eigenvalue weighted by molar-refractivity contribution is 0.0642. The molecule has 2 bridgehead atoms. The van der Waals surface area contributed by atoms with E-state index in [2.05, 4.69) is 5.32 Å². The van der Waals surface area contributed by atoms with Gasteiger partial charge in [-0.05, 0) is 30.9 Å². The molecule has 0 aliphatic carbocycles. The molecule has 0 unspecified atom stereocenters. The molecule has 3 heterocycles. The van der Waals surface area contributed by atoms with Crippen LogP contribution < -0.4 is 5.32 Å². The summed E-state index contributed by atoms with van der Waals surface area (Å²) in [5.41, 5.74) is 1.04. The first kappa shape index (κ1) is 12.5. The fourth-order valence-corrected chi connectivity index (χ4v) is 2.96. The second-order valence-corrected chi connectivity index (χ2v) is 5.45. The lowest BCUT2D eigenvalue weighted by atomic mass is 9.95. The molecule has 0 spiro atoms. The Kier molecular flexibility index (Phi) is 3.69. The maximum Gasteiger partial charge on any atom is 0.410 e. The molecule has 3 aliphatic rings. The summed E-state index contributed by atoms with van der Waals surface area (Å²) in [5.74, 6) is 0.586. The molecular weight excluding hydrogens is 240 g/mol. The minimum Gasteiger partial charge on any atom is -0.445 e. The Morgan fingerprint density at radius 3 is 2.95 bits per heavy atom. The van der Waals surface area contributed by atoms with Crippen molar-refractivity contribution >= 4 is 6.09 Å². The van der Waals surface area contributed by atoms with Crippen molar-refractivity contribution in [1.29, 1.82) is 0 Å². The highest BCUT2D eigenvalue weighted by atomic mass is 16.6. The molecule has 19 heavy (non-hydrogen) atoms. The van der Waals surface area contributed by atoms with Gasteiger partial charge in [-0.3, -0.25) is 0 Å². The maximum absolute atomic E-state index is 12.2. The number of hydrogen-bond acceptors (Lipinski definition) is 3. The van der Waals surface area contributed by atoms with Crippen molar-refractivity contribution in [3.63, 3.8) is 0 Å². The highest BCUT2D eigenvalue weighted by Gasteiger charge is 2.34. The van der Waals surface area contributed by atoms with E-state index in [1.54, 1.807) is 0 Å². The largest absolute Gasteiger partial charge is 0.445 e. The number of carbonyl (C=O) groups excluding carboxylic acids is 1. The molecule has 3 saturated heterocycles. The van der Waals surface area contributed by atoms with Crippen LogP contribution in [0.3, 0.4) is 0 Å². The van der Waals surface area contributed by atoms with Crippen LogP contribution in [0.2, 0.25) is 0 Å². The number of ether oxygens (including phenoxy) is 1. The van der Waals surface area contributed by atoms with Crippen molar-refractivity contribution in [2.45, 2.75) is 25.5 Å². The Morgan fingerprint density at radius 2 is 2.11 bits per heavy atom. The summed E-state index contributed by atoms with van der Waals surface area (Å²) in [5, 5.41) is 3.42. The summed E-state index contributed by atoms with van der Waals surface area (Å²) in [7, 11) is 0. The van der Waals surface area contributed by atoms with Gasteiger partial charge in [-0.2, -0.15) is 0 Å². The van der Waals surface area contributed by atoms with E-state index in [9.17, 15) is 4.79 Å². The summed E-state index contributed by atoms with van der Waals surface area (Å²) in [6.07, 6.45) is 2.15. The van der Waals surface area contributed by atoms with Crippen molar-refractivity contribution in [2.24, 2.45) is 5.92 Å². The highest BCUT2D eigenvalue weighted by Crippen LogP contribution is 2.25. The van der Waals surface area contributed by atoms with Gasteiger partial charge in [-0.1, -0.05) is 30.3 Å². The van der Waals surface area contributed by atoms with Crippen LogP contribution in [0.25, 0.3) is 0 Å². The van der Waals surface area contributed by atoms with Gasteiger partial charge in [0.15, 0.2) is 0 Å². The molecule has 3 aliphatic heterocycles. The van der Waals surface area contributed by atoms with E-state index in [0.717, 1.165) is 31.6 Å². The van der Waals surface area contributed by atoms with E-state index in [-0.39, 0.29) is 6.09 Å². The lowest BCUT2D eigenvalue weighted by Gasteiger charge is -2.35. The van der Waals surface area contributed by atoms with Gasteiger partial charge in [0.05, 0.1) is 0 Å². The van der Waals surface area contributed by atoms with Gasteiger partial charge in [0.1, 0.15) is 6.61 Å². The van der Waals surface area contributed by atoms with Crippen LogP contribution in [0.15, 0.2) is 30.3 Å². The van der Waals surface area contributed by atoms with Crippen LogP contribution in [0.4, 0.5) is 4.79 Å². The number of fused-ring (bicyclic) bond motifs is 4. The van der Waals surface area contributed by atoms with Gasteiger partial charge in [0.25, 0.3) is 0 Å². The standard InChI is InChI=1S/C15H20N2O2/c18-15(19-11-12-4-2-1-3-5-12)17-10-13-6-7-14(17)9-16-8-13/h1-5,13-14,16H,6-11H2/t13-,14+/m1/s1. The number of carbonyl (C=O) groups is 1. The number of nitrogens with one attached hydrogen (secondary N) is 1. The van der Waals surface area contributed by atoms with Gasteiger partial charge in [-0.15, -0.1) is 0 Å². The number of benzene rings is 1. The van der Waals surface area contributed by atoms with Crippen molar-refractivity contribution in [2.75, 3.05) is 19.6 Å². The Hall–Kier alpha value is -1.55. The first-order chi connectivity index (χ1) is 9.33. The highest BCUT2D eigenvalue weighted by molar-refractivity contribution is 5.68. The third kappa shape index (κ3) is 2.89. The number of nitrogens with zero attached hydrogens (tertiary/aromatic N) is 1. The van der Waals surface area contributed by atoms with E-state index in [1.807, 2.05) is 35.2 Å². The normalized spacial score (nSPS) is 26.0. The molecule has 1 aromatic carbocycles. The second-order valence-electron chi connectivity index (χ2n) is 5.45. The molecule has 1 amide bonds. The van der Waals surface area contributed by atoms with E-state index in [4.69, 9.17) is 4.74 Å². The minimum atomic E-state index is -0.165. The van der Waals surface area contributed by atoms with Gasteiger partial charge < -0.3 is 15.0 Å². The molecule has 1 aromatic rings. The van der Waals surface area contributed by atoms with Gasteiger partial charge in [-0.25, -0.2) is 4.79 Å². The van der Waals surface area contributed by atoms with Crippen LogP contribution >= 0.6 is 0 Å². The van der Waals surface area contributed by atoms with E-state index in [1.165, 1.54) is 6.42 Å². The third-order valence-corrected chi connectivity index (χ3v) is 4.06. The summed E-state index contributed by atoms with van der Waals surface area (Å²) in [6, 6.07) is 10.1. The lowest BCUT2D eigenvalue weighted by Crippen LogP contribution is -2.47. The van der Waals surface area contributed by atoms with E-state index < -0.39 is 0 Å². The molecule has 102 valence electrons. The zero-order valence-corrected chi connectivity index (χ0v) is 11.0. The third-order valence-electron chi connectivity index (χ3n) is 4.06. The molecule has 4 nitrogen and oxygen atoms in total. The number of amides is 1. The summed E-state index contributed by atoms with van der Waals surface area (Å²) in [6.45, 7) is 3.13. The molecule has 1 N–H and O–H groups in total. The molecular formula is C15H20N2O2. The van der Waals surface area contributed by atoms with Crippen LogP contribution in [0, 0.1) is 5.92 Å². The summed E-state index contributed by atoms with van der Waals surface area (Å²) in [4.78, 5) is 14.1. The van der Waals surface area contributed by atoms with Crippen molar-refractivity contribution in [1.82, 2.24) is 10.2 Å². The van der Waals surface area contributed by atoms with E-state index >= 15 is 0 Å². The van der Waals surface area contributed by atoms with Crippen LogP contribution in [0.1, 0.15) is 18.4 Å². The number of hydrogen-bond donors (Lipinski definition) is 1. The number of rotatable bonds is 2. The first-order valence-electron chi connectivity index (χ1n) is 7.01. The SMILES string of the molecule is O=C(OCc1ccccc1)N1C[C@@H]2CC[C@H]1CNC2. The van der Waals surface area contributed by atoms with Gasteiger partial charge >= 0.3 is 6.09 Å². The fraction of sp³-hybridized carbons (Fsp3) is 0.533. The molecule has 4 rings (SSSR count). The number of piperidine rings is 1. The Morgan fingerprint density at radius 1 is 1.26 bits per heavy atom. The predicted molar refractivity (Wildman–Crippen MR) is 72.7 cm³/mol. The molecule has 0 saturated carbocycles. The van der Waals surface area contributed by atoms with Crippen molar-refractivity contribution in [3.8, 4) is 0 Å². The predicted octanol–water partition coefficient (Wildman–Crippen LogP) is 2.01. The summed E-state index contributed by atoms with van der Waals surface area (Å²) >= 11 is 0. The van der Waals surface area contributed by atoms with Crippen molar-refractivity contribution in [3.05, 3.63) is 35.9 Å². The van der Waals surface area contributed by atoms with Gasteiger partial charge in [0.2, 0.25) is 0 Å². The molecule has 0 radical (unpaired) electrons. The van der Waals surface area contributed by atoms with Crippen LogP contribution in [-0.2, 0) is 11.3 Å². The smallest absolute Gasteiger partial charge is 0.410 e. The van der Waals surface area contributed by atoms with E-state index in [0.29, 0.717) is 18.6 Å². The zero-order valence-electron chi connectivity index (χ0n) is 11.0. The average Bonchev–Trinajstić information content (AvgIpc) is 2.81. The minimum absolute atomic E-state index is 0.165. The second kappa shape index (κ2) is 5.61.